The minimum atomic E-state index is -3.68. The maximum Gasteiger partial charge on any atom is 0.251 e. The fourth-order valence-electron chi connectivity index (χ4n) is 2.23. The Balaban J connectivity index is 1.93. The number of sulfonamides is 1. The van der Waals surface area contributed by atoms with Gasteiger partial charge in [0.05, 0.1) is 12.0 Å². The van der Waals surface area contributed by atoms with Crippen molar-refractivity contribution in [3.05, 3.63) is 59.2 Å². The molecule has 6 nitrogen and oxygen atoms in total. The van der Waals surface area contributed by atoms with E-state index in [0.29, 0.717) is 24.3 Å². The second-order valence-electron chi connectivity index (χ2n) is 5.38. The number of primary sulfonamides is 1. The van der Waals surface area contributed by atoms with Crippen molar-refractivity contribution in [2.45, 2.75) is 18.2 Å². The van der Waals surface area contributed by atoms with Gasteiger partial charge in [0.15, 0.2) is 0 Å². The highest BCUT2D eigenvalue weighted by Gasteiger charge is 2.09. The Morgan fingerprint density at radius 1 is 1.17 bits per heavy atom. The van der Waals surface area contributed by atoms with Gasteiger partial charge in [-0.3, -0.25) is 4.79 Å². The lowest BCUT2D eigenvalue weighted by molar-refractivity contribution is 0.0954. The van der Waals surface area contributed by atoms with Crippen molar-refractivity contribution in [2.24, 2.45) is 5.14 Å². The molecule has 0 heterocycles. The van der Waals surface area contributed by atoms with Crippen LogP contribution in [0.2, 0.25) is 0 Å². The third-order valence-electron chi connectivity index (χ3n) is 3.62. The van der Waals surface area contributed by atoms with Crippen molar-refractivity contribution in [1.29, 1.82) is 0 Å². The summed E-state index contributed by atoms with van der Waals surface area (Å²) < 4.78 is 27.6. The molecule has 0 radical (unpaired) electrons. The molecule has 2 rings (SSSR count). The predicted molar refractivity (Wildman–Crippen MR) is 91.6 cm³/mol. The van der Waals surface area contributed by atoms with Crippen molar-refractivity contribution in [3.63, 3.8) is 0 Å². The average molecular weight is 348 g/mol. The Morgan fingerprint density at radius 2 is 1.83 bits per heavy atom. The lowest BCUT2D eigenvalue weighted by atomic mass is 10.1. The highest BCUT2D eigenvalue weighted by Crippen LogP contribution is 2.18. The van der Waals surface area contributed by atoms with E-state index < -0.39 is 10.0 Å². The fraction of sp³-hybridized carbons (Fsp3) is 0.235. The zero-order valence-corrected chi connectivity index (χ0v) is 14.4. The number of carbonyl (C=O) groups excluding carboxylic acids is 1. The van der Waals surface area contributed by atoms with Crippen LogP contribution in [0.15, 0.2) is 47.4 Å². The van der Waals surface area contributed by atoms with Gasteiger partial charge in [0.2, 0.25) is 10.0 Å². The van der Waals surface area contributed by atoms with E-state index in [1.807, 2.05) is 13.0 Å². The summed E-state index contributed by atoms with van der Waals surface area (Å²) in [5.74, 6) is 0.482. The van der Waals surface area contributed by atoms with Gasteiger partial charge in [-0.15, -0.1) is 0 Å². The number of nitrogens with one attached hydrogen (secondary N) is 1. The first kappa shape index (κ1) is 18.0. The largest absolute Gasteiger partial charge is 0.496 e. The molecule has 3 N–H and O–H groups in total. The lowest BCUT2D eigenvalue weighted by Gasteiger charge is -2.09. The molecule has 0 spiro atoms. The molecule has 0 aliphatic heterocycles. The van der Waals surface area contributed by atoms with Gasteiger partial charge in [-0.25, -0.2) is 13.6 Å². The highest BCUT2D eigenvalue weighted by molar-refractivity contribution is 7.89. The number of hydrogen-bond donors (Lipinski definition) is 2. The molecule has 0 saturated carbocycles. The Morgan fingerprint density at radius 3 is 2.42 bits per heavy atom. The van der Waals surface area contributed by atoms with Crippen LogP contribution in [0.3, 0.4) is 0 Å². The van der Waals surface area contributed by atoms with E-state index >= 15 is 0 Å². The number of hydrogen-bond acceptors (Lipinski definition) is 4. The van der Waals surface area contributed by atoms with Crippen LogP contribution in [-0.2, 0) is 16.4 Å². The number of methoxy groups -OCH3 is 1. The number of amides is 1. The first-order valence-electron chi connectivity index (χ1n) is 7.36. The summed E-state index contributed by atoms with van der Waals surface area (Å²) in [5.41, 5.74) is 2.40. The zero-order valence-electron chi connectivity index (χ0n) is 13.6. The molecule has 0 aromatic heterocycles. The molecule has 0 aliphatic carbocycles. The van der Waals surface area contributed by atoms with Crippen molar-refractivity contribution in [1.82, 2.24) is 5.32 Å². The standard InChI is InChI=1S/C17H20N2O4S/c1-12-3-6-14(11-16(12)23-2)17(20)19-10-9-13-4-7-15(8-5-13)24(18,21)22/h3-8,11H,9-10H2,1-2H3,(H,19,20)(H2,18,21,22). The van der Waals surface area contributed by atoms with E-state index in [-0.39, 0.29) is 10.8 Å². The SMILES string of the molecule is COc1cc(C(=O)NCCc2ccc(S(N)(=O)=O)cc2)ccc1C. The van der Waals surface area contributed by atoms with Crippen molar-refractivity contribution >= 4 is 15.9 Å². The maximum atomic E-state index is 12.1. The second kappa shape index (κ2) is 7.46. The molecule has 2 aromatic rings. The Kier molecular flexibility index (Phi) is 5.58. The van der Waals surface area contributed by atoms with Crippen LogP contribution in [-0.4, -0.2) is 28.0 Å². The van der Waals surface area contributed by atoms with Crippen LogP contribution in [0.5, 0.6) is 5.75 Å². The third kappa shape index (κ3) is 4.56. The molecule has 1 amide bonds. The molecule has 0 unspecified atom stereocenters. The van der Waals surface area contributed by atoms with Gasteiger partial charge in [-0.05, 0) is 48.7 Å². The number of nitrogens with two attached hydrogens (primary N) is 1. The summed E-state index contributed by atoms with van der Waals surface area (Å²) in [5, 5.41) is 7.88. The number of aryl methyl sites for hydroxylation is 1. The third-order valence-corrected chi connectivity index (χ3v) is 4.55. The fourth-order valence-corrected chi connectivity index (χ4v) is 2.74. The first-order chi connectivity index (χ1) is 11.3. The molecule has 0 bridgehead atoms. The van der Waals surface area contributed by atoms with Gasteiger partial charge < -0.3 is 10.1 Å². The predicted octanol–water partition coefficient (Wildman–Crippen LogP) is 1.62. The van der Waals surface area contributed by atoms with Crippen LogP contribution in [0.25, 0.3) is 0 Å². The van der Waals surface area contributed by atoms with E-state index in [9.17, 15) is 13.2 Å². The van der Waals surface area contributed by atoms with Gasteiger partial charge >= 0.3 is 0 Å². The summed E-state index contributed by atoms with van der Waals surface area (Å²) in [6, 6.07) is 11.6. The van der Waals surface area contributed by atoms with Gasteiger partial charge in [-0.2, -0.15) is 0 Å². The van der Waals surface area contributed by atoms with Crippen molar-refractivity contribution in [3.8, 4) is 5.75 Å². The van der Waals surface area contributed by atoms with Crippen LogP contribution in [0, 0.1) is 6.92 Å². The van der Waals surface area contributed by atoms with Gasteiger partial charge in [-0.1, -0.05) is 18.2 Å². The molecular weight excluding hydrogens is 328 g/mol. The van der Waals surface area contributed by atoms with Crippen LogP contribution < -0.4 is 15.2 Å². The zero-order chi connectivity index (χ0) is 17.7. The van der Waals surface area contributed by atoms with E-state index in [1.165, 1.54) is 12.1 Å². The first-order valence-corrected chi connectivity index (χ1v) is 8.90. The Bertz CT molecular complexity index is 830. The van der Waals surface area contributed by atoms with E-state index in [1.54, 1.807) is 31.4 Å². The van der Waals surface area contributed by atoms with Crippen LogP contribution >= 0.6 is 0 Å². The molecule has 2 aromatic carbocycles. The number of benzene rings is 2. The Labute approximate surface area is 141 Å². The average Bonchev–Trinajstić information content (AvgIpc) is 2.55. The topological polar surface area (TPSA) is 98.5 Å². The lowest BCUT2D eigenvalue weighted by Crippen LogP contribution is -2.25. The molecule has 0 atom stereocenters. The monoisotopic (exact) mass is 348 g/mol. The van der Waals surface area contributed by atoms with Crippen molar-refractivity contribution < 1.29 is 17.9 Å². The van der Waals surface area contributed by atoms with Gasteiger partial charge in [0.25, 0.3) is 5.91 Å². The van der Waals surface area contributed by atoms with Gasteiger partial charge in [0, 0.05) is 12.1 Å². The second-order valence-corrected chi connectivity index (χ2v) is 6.94. The number of ether oxygens (including phenoxy) is 1. The molecule has 0 fully saturated rings. The quantitative estimate of drug-likeness (QED) is 0.829. The van der Waals surface area contributed by atoms with Gasteiger partial charge in [0.1, 0.15) is 5.75 Å². The molecular formula is C17H20N2O4S. The summed E-state index contributed by atoms with van der Waals surface area (Å²) >= 11 is 0. The minimum absolute atomic E-state index is 0.0713. The van der Waals surface area contributed by atoms with Crippen LogP contribution in [0.4, 0.5) is 0 Å². The summed E-state index contributed by atoms with van der Waals surface area (Å²) in [7, 11) is -2.12. The smallest absolute Gasteiger partial charge is 0.251 e. The highest BCUT2D eigenvalue weighted by atomic mass is 32.2. The molecule has 7 heteroatoms. The number of carbonyl (C=O) groups is 1. The van der Waals surface area contributed by atoms with E-state index in [4.69, 9.17) is 9.88 Å². The summed E-state index contributed by atoms with van der Waals surface area (Å²) in [6.45, 7) is 2.34. The Hall–Kier alpha value is -2.38. The minimum Gasteiger partial charge on any atom is -0.496 e. The molecule has 24 heavy (non-hydrogen) atoms. The normalized spacial score (nSPS) is 11.1. The maximum absolute atomic E-state index is 12.1. The number of rotatable bonds is 6. The molecule has 128 valence electrons. The van der Waals surface area contributed by atoms with Crippen LogP contribution in [0.1, 0.15) is 21.5 Å². The summed E-state index contributed by atoms with van der Waals surface area (Å²) in [4.78, 5) is 12.2. The molecule has 0 aliphatic rings. The van der Waals surface area contributed by atoms with E-state index in [2.05, 4.69) is 5.32 Å². The molecule has 0 saturated heterocycles. The summed E-state index contributed by atoms with van der Waals surface area (Å²) in [6.07, 6.45) is 0.583. The van der Waals surface area contributed by atoms with Crippen molar-refractivity contribution in [2.75, 3.05) is 13.7 Å². The van der Waals surface area contributed by atoms with E-state index in [0.717, 1.165) is 11.1 Å².